The quantitative estimate of drug-likeness (QED) is 0.925. The predicted octanol–water partition coefficient (Wildman–Crippen LogP) is 2.50. The van der Waals surface area contributed by atoms with Crippen molar-refractivity contribution >= 4 is 5.91 Å². The number of fused-ring (bicyclic) bond motifs is 1. The molecule has 1 atom stereocenters. The maximum absolute atomic E-state index is 12.1. The summed E-state index contributed by atoms with van der Waals surface area (Å²) in [5.41, 5.74) is 0.913. The van der Waals surface area contributed by atoms with Crippen molar-refractivity contribution in [2.45, 2.75) is 44.8 Å². The second-order valence-electron chi connectivity index (χ2n) is 6.47. The highest BCUT2D eigenvalue weighted by Crippen LogP contribution is 2.42. The lowest BCUT2D eigenvalue weighted by atomic mass is 9.94. The maximum atomic E-state index is 12.1. The summed E-state index contributed by atoms with van der Waals surface area (Å²) in [7, 11) is 0. The minimum atomic E-state index is -0.277. The Kier molecular flexibility index (Phi) is 3.89. The Bertz CT molecular complexity index is 521. The van der Waals surface area contributed by atoms with Crippen LogP contribution in [0.2, 0.25) is 0 Å². The number of rotatable bonds is 4. The van der Waals surface area contributed by atoms with Gasteiger partial charge in [0.15, 0.2) is 0 Å². The Morgan fingerprint density at radius 3 is 2.81 bits per heavy atom. The molecule has 0 spiro atoms. The molecular formula is C17H24N2O2. The average molecular weight is 288 g/mol. The van der Waals surface area contributed by atoms with Gasteiger partial charge in [0.25, 0.3) is 0 Å². The van der Waals surface area contributed by atoms with Crippen LogP contribution >= 0.6 is 0 Å². The van der Waals surface area contributed by atoms with Crippen molar-refractivity contribution in [3.63, 3.8) is 0 Å². The molecule has 1 aromatic rings. The number of benzene rings is 1. The fourth-order valence-electron chi connectivity index (χ4n) is 3.33. The van der Waals surface area contributed by atoms with E-state index in [4.69, 9.17) is 4.74 Å². The first kappa shape index (κ1) is 14.4. The fraction of sp³-hybridized carbons (Fsp3) is 0.588. The van der Waals surface area contributed by atoms with E-state index in [-0.39, 0.29) is 17.6 Å². The Balaban J connectivity index is 1.58. The molecule has 2 aliphatic heterocycles. The largest absolute Gasteiger partial charge is 0.486 e. The summed E-state index contributed by atoms with van der Waals surface area (Å²) in [6, 6.07) is 8.28. The summed E-state index contributed by atoms with van der Waals surface area (Å²) >= 11 is 0. The molecule has 1 aromatic carbocycles. The van der Waals surface area contributed by atoms with Gasteiger partial charge < -0.3 is 15.0 Å². The molecule has 3 rings (SSSR count). The molecule has 1 amide bonds. The number of hydrogen-bond donors (Lipinski definition) is 1. The molecule has 1 fully saturated rings. The Morgan fingerprint density at radius 2 is 2.05 bits per heavy atom. The molecule has 2 heterocycles. The third-order valence-corrected chi connectivity index (χ3v) is 4.44. The van der Waals surface area contributed by atoms with Crippen LogP contribution in [-0.2, 0) is 4.79 Å². The molecule has 4 nitrogen and oxygen atoms in total. The van der Waals surface area contributed by atoms with Gasteiger partial charge in [0.1, 0.15) is 11.4 Å². The van der Waals surface area contributed by atoms with E-state index in [0.29, 0.717) is 13.0 Å². The lowest BCUT2D eigenvalue weighted by Gasteiger charge is -2.27. The number of nitrogens with zero attached hydrogens (tertiary/aromatic N) is 1. The van der Waals surface area contributed by atoms with Crippen molar-refractivity contribution < 1.29 is 9.53 Å². The van der Waals surface area contributed by atoms with Gasteiger partial charge in [-0.25, -0.2) is 0 Å². The van der Waals surface area contributed by atoms with Crippen LogP contribution in [0, 0.1) is 0 Å². The summed E-state index contributed by atoms with van der Waals surface area (Å²) in [5, 5.41) is 3.51. The van der Waals surface area contributed by atoms with Crippen LogP contribution in [0.15, 0.2) is 24.3 Å². The third kappa shape index (κ3) is 2.91. The lowest BCUT2D eigenvalue weighted by molar-refractivity contribution is -0.130. The highest BCUT2D eigenvalue weighted by molar-refractivity contribution is 5.76. The van der Waals surface area contributed by atoms with Gasteiger partial charge in [-0.15, -0.1) is 0 Å². The van der Waals surface area contributed by atoms with E-state index in [2.05, 4.69) is 25.2 Å². The molecule has 21 heavy (non-hydrogen) atoms. The van der Waals surface area contributed by atoms with Crippen molar-refractivity contribution in [3.05, 3.63) is 29.8 Å². The number of nitrogens with one attached hydrogen (secondary N) is 1. The van der Waals surface area contributed by atoms with E-state index in [9.17, 15) is 4.79 Å². The molecular weight excluding hydrogens is 264 g/mol. The van der Waals surface area contributed by atoms with Gasteiger partial charge in [0.05, 0.1) is 6.04 Å². The first-order valence-electron chi connectivity index (χ1n) is 7.87. The molecule has 4 heteroatoms. The van der Waals surface area contributed by atoms with Crippen LogP contribution in [0.25, 0.3) is 0 Å². The Hall–Kier alpha value is -1.55. The van der Waals surface area contributed by atoms with Crippen LogP contribution in [0.5, 0.6) is 5.75 Å². The van der Waals surface area contributed by atoms with E-state index in [0.717, 1.165) is 31.7 Å². The highest BCUT2D eigenvalue weighted by atomic mass is 16.5. The second kappa shape index (κ2) is 5.68. The van der Waals surface area contributed by atoms with Crippen molar-refractivity contribution in [1.29, 1.82) is 0 Å². The first-order chi connectivity index (χ1) is 10.1. The molecule has 0 radical (unpaired) electrons. The average Bonchev–Trinajstić information content (AvgIpc) is 3.05. The number of amides is 1. The van der Waals surface area contributed by atoms with E-state index in [1.165, 1.54) is 5.56 Å². The molecule has 0 bridgehead atoms. The van der Waals surface area contributed by atoms with Crippen LogP contribution in [-0.4, -0.2) is 36.0 Å². The van der Waals surface area contributed by atoms with Crippen molar-refractivity contribution in [1.82, 2.24) is 10.2 Å². The smallest absolute Gasteiger partial charge is 0.223 e. The molecule has 0 aromatic heterocycles. The number of carbonyl (C=O) groups excluding carboxylic acids is 1. The van der Waals surface area contributed by atoms with Crippen molar-refractivity contribution in [2.24, 2.45) is 0 Å². The van der Waals surface area contributed by atoms with E-state index in [1.54, 1.807) is 0 Å². The highest BCUT2D eigenvalue weighted by Gasteiger charge is 2.40. The van der Waals surface area contributed by atoms with Crippen molar-refractivity contribution in [3.8, 4) is 5.75 Å². The van der Waals surface area contributed by atoms with Gasteiger partial charge in [0.2, 0.25) is 5.91 Å². The van der Waals surface area contributed by atoms with Gasteiger partial charge in [0, 0.05) is 31.6 Å². The van der Waals surface area contributed by atoms with Crippen LogP contribution in [0.1, 0.15) is 44.7 Å². The number of ether oxygens (including phenoxy) is 1. The minimum Gasteiger partial charge on any atom is -0.486 e. The van der Waals surface area contributed by atoms with Gasteiger partial charge in [-0.3, -0.25) is 4.79 Å². The number of likely N-dealkylation sites (tertiary alicyclic amines) is 1. The Morgan fingerprint density at radius 1 is 1.33 bits per heavy atom. The molecule has 1 unspecified atom stereocenters. The summed E-state index contributed by atoms with van der Waals surface area (Å²) < 4.78 is 6.01. The Labute approximate surface area is 126 Å². The second-order valence-corrected chi connectivity index (χ2v) is 6.47. The standard InChI is InChI=1S/C17H24N2O2/c1-17(2)16(13-7-3-4-8-14(13)21-17)18-10-9-15(20)19-11-5-6-12-19/h3-4,7-8,16,18H,5-6,9-12H2,1-2H3. The molecule has 0 aliphatic carbocycles. The fourth-order valence-corrected chi connectivity index (χ4v) is 3.33. The van der Waals surface area contributed by atoms with Gasteiger partial charge in [-0.2, -0.15) is 0 Å². The monoisotopic (exact) mass is 288 g/mol. The van der Waals surface area contributed by atoms with E-state index < -0.39 is 0 Å². The summed E-state index contributed by atoms with van der Waals surface area (Å²) in [6.07, 6.45) is 2.86. The number of carbonyl (C=O) groups is 1. The molecule has 114 valence electrons. The van der Waals surface area contributed by atoms with Gasteiger partial charge in [-0.1, -0.05) is 18.2 Å². The third-order valence-electron chi connectivity index (χ3n) is 4.44. The molecule has 1 N–H and O–H groups in total. The first-order valence-corrected chi connectivity index (χ1v) is 7.87. The molecule has 2 aliphatic rings. The van der Waals surface area contributed by atoms with Crippen LogP contribution in [0.4, 0.5) is 0 Å². The summed E-state index contributed by atoms with van der Waals surface area (Å²) in [5.74, 6) is 1.22. The van der Waals surface area contributed by atoms with E-state index in [1.807, 2.05) is 23.1 Å². The zero-order chi connectivity index (χ0) is 14.9. The SMILES string of the molecule is CC1(C)Oc2ccccc2C1NCCC(=O)N1CCCC1. The number of para-hydroxylation sites is 1. The summed E-state index contributed by atoms with van der Waals surface area (Å²) in [6.45, 7) is 6.74. The number of hydrogen-bond acceptors (Lipinski definition) is 3. The van der Waals surface area contributed by atoms with Gasteiger partial charge >= 0.3 is 0 Å². The molecule has 1 saturated heterocycles. The predicted molar refractivity (Wildman–Crippen MR) is 82.3 cm³/mol. The lowest BCUT2D eigenvalue weighted by Crippen LogP contribution is -2.40. The maximum Gasteiger partial charge on any atom is 0.223 e. The summed E-state index contributed by atoms with van der Waals surface area (Å²) in [4.78, 5) is 14.1. The topological polar surface area (TPSA) is 41.6 Å². The van der Waals surface area contributed by atoms with Crippen LogP contribution in [0.3, 0.4) is 0 Å². The zero-order valence-electron chi connectivity index (χ0n) is 12.9. The van der Waals surface area contributed by atoms with E-state index >= 15 is 0 Å². The molecule has 0 saturated carbocycles. The van der Waals surface area contributed by atoms with Gasteiger partial charge in [-0.05, 0) is 32.8 Å². The normalized spacial score (nSPS) is 23.0. The van der Waals surface area contributed by atoms with Crippen LogP contribution < -0.4 is 10.1 Å². The van der Waals surface area contributed by atoms with Crippen molar-refractivity contribution in [2.75, 3.05) is 19.6 Å². The zero-order valence-corrected chi connectivity index (χ0v) is 12.9. The minimum absolute atomic E-state index is 0.139.